The molecule has 0 atom stereocenters. The van der Waals surface area contributed by atoms with E-state index in [9.17, 15) is 4.79 Å². The Balaban J connectivity index is 1.34. The lowest BCUT2D eigenvalue weighted by Crippen LogP contribution is -2.31. The molecule has 1 aromatic carbocycles. The van der Waals surface area contributed by atoms with Gasteiger partial charge in [0.25, 0.3) is 0 Å². The van der Waals surface area contributed by atoms with Gasteiger partial charge < -0.3 is 5.32 Å². The number of nitrogens with one attached hydrogen (secondary N) is 1. The molecule has 0 bridgehead atoms. The molecular weight excluding hydrogens is 440 g/mol. The Labute approximate surface area is 207 Å². The smallest absolute Gasteiger partial charge is 0.226 e. The molecule has 0 unspecified atom stereocenters. The van der Waals surface area contributed by atoms with Crippen LogP contribution in [0.4, 0.5) is 0 Å². The summed E-state index contributed by atoms with van der Waals surface area (Å²) in [5, 5.41) is 11.0. The summed E-state index contributed by atoms with van der Waals surface area (Å²) in [7, 11) is 0. The molecule has 6 heteroatoms. The minimum absolute atomic E-state index is 0.0825. The second-order valence-corrected chi connectivity index (χ2v) is 11.0. The maximum atomic E-state index is 12.6. The summed E-state index contributed by atoms with van der Waals surface area (Å²) in [5.41, 5.74) is 5.53. The lowest BCUT2D eigenvalue weighted by Gasteiger charge is -2.24. The molecule has 3 aromatic rings. The summed E-state index contributed by atoms with van der Waals surface area (Å²) < 4.78 is 2.25. The van der Waals surface area contributed by atoms with E-state index >= 15 is 0 Å². The molecule has 1 N–H and O–H groups in total. The number of hydrogen-bond acceptors (Lipinski definition) is 4. The molecule has 0 radical (unpaired) electrons. The molecule has 1 amide bonds. The van der Waals surface area contributed by atoms with Gasteiger partial charge in [0.2, 0.25) is 5.91 Å². The molecular formula is C28H36N4OS. The third kappa shape index (κ3) is 5.43. The van der Waals surface area contributed by atoms with Crippen LogP contribution in [0.2, 0.25) is 0 Å². The van der Waals surface area contributed by atoms with Crippen molar-refractivity contribution in [3.05, 3.63) is 47.1 Å². The summed E-state index contributed by atoms with van der Waals surface area (Å²) in [5.74, 6) is 0.727. The zero-order valence-electron chi connectivity index (χ0n) is 20.3. The van der Waals surface area contributed by atoms with Crippen LogP contribution in [0.5, 0.6) is 0 Å². The number of thiazole rings is 1. The van der Waals surface area contributed by atoms with E-state index in [-0.39, 0.29) is 5.91 Å². The van der Waals surface area contributed by atoms with E-state index in [0.717, 1.165) is 28.5 Å². The summed E-state index contributed by atoms with van der Waals surface area (Å²) in [6, 6.07) is 9.18. The molecule has 2 fully saturated rings. The van der Waals surface area contributed by atoms with Crippen LogP contribution in [0.3, 0.4) is 0 Å². The van der Waals surface area contributed by atoms with Gasteiger partial charge in [-0.15, -0.1) is 11.3 Å². The number of carbonyl (C=O) groups is 1. The highest BCUT2D eigenvalue weighted by Gasteiger charge is 2.24. The number of nitrogens with zero attached hydrogens (tertiary/aromatic N) is 3. The molecule has 0 aliphatic heterocycles. The Kier molecular flexibility index (Phi) is 7.43. The van der Waals surface area contributed by atoms with Gasteiger partial charge in [0.1, 0.15) is 5.01 Å². The van der Waals surface area contributed by atoms with Crippen molar-refractivity contribution in [2.75, 3.05) is 6.54 Å². The Bertz CT molecular complexity index is 1090. The van der Waals surface area contributed by atoms with Gasteiger partial charge in [0.05, 0.1) is 35.6 Å². The molecule has 180 valence electrons. The van der Waals surface area contributed by atoms with Crippen LogP contribution in [0.25, 0.3) is 21.8 Å². The van der Waals surface area contributed by atoms with Gasteiger partial charge in [-0.2, -0.15) is 5.10 Å². The quantitative estimate of drug-likeness (QED) is 0.411. The van der Waals surface area contributed by atoms with Crippen LogP contribution in [-0.2, 0) is 11.2 Å². The Hall–Kier alpha value is -2.47. The average molecular weight is 477 g/mol. The lowest BCUT2D eigenvalue weighted by molar-refractivity contribution is -0.120. The fourth-order valence-electron chi connectivity index (χ4n) is 5.51. The van der Waals surface area contributed by atoms with E-state index in [1.165, 1.54) is 75.3 Å². The van der Waals surface area contributed by atoms with Crippen molar-refractivity contribution < 1.29 is 4.79 Å². The van der Waals surface area contributed by atoms with Crippen LogP contribution < -0.4 is 5.32 Å². The number of aryl methyl sites for hydroxylation is 1. The molecule has 5 rings (SSSR count). The van der Waals surface area contributed by atoms with Gasteiger partial charge in [-0.25, -0.2) is 4.98 Å². The van der Waals surface area contributed by atoms with Gasteiger partial charge in [-0.3, -0.25) is 9.48 Å². The van der Waals surface area contributed by atoms with E-state index in [0.29, 0.717) is 18.4 Å². The largest absolute Gasteiger partial charge is 0.355 e. The molecule has 0 spiro atoms. The predicted octanol–water partition coefficient (Wildman–Crippen LogP) is 6.73. The van der Waals surface area contributed by atoms with Gasteiger partial charge in [-0.1, -0.05) is 68.4 Å². The average Bonchev–Trinajstić information content (AvgIpc) is 3.52. The first-order valence-electron chi connectivity index (χ1n) is 13.0. The highest BCUT2D eigenvalue weighted by molar-refractivity contribution is 7.13. The van der Waals surface area contributed by atoms with Crippen molar-refractivity contribution in [3.8, 4) is 21.8 Å². The number of aromatic nitrogens is 3. The van der Waals surface area contributed by atoms with Crippen LogP contribution in [0.15, 0.2) is 35.8 Å². The number of amides is 1. The fourth-order valence-corrected chi connectivity index (χ4v) is 6.34. The number of carbonyl (C=O) groups excluding carboxylic acids is 1. The summed E-state index contributed by atoms with van der Waals surface area (Å²) in [6.07, 6.45) is 15.0. The molecule has 2 aliphatic rings. The Morgan fingerprint density at radius 2 is 1.74 bits per heavy atom. The van der Waals surface area contributed by atoms with Gasteiger partial charge in [-0.05, 0) is 38.5 Å². The highest BCUT2D eigenvalue weighted by atomic mass is 32.1. The summed E-state index contributed by atoms with van der Waals surface area (Å²) in [6.45, 7) is 2.93. The van der Waals surface area contributed by atoms with Gasteiger partial charge in [0, 0.05) is 17.5 Å². The van der Waals surface area contributed by atoms with E-state index in [2.05, 4.69) is 41.2 Å². The van der Waals surface area contributed by atoms with Gasteiger partial charge in [0.15, 0.2) is 0 Å². The Morgan fingerprint density at radius 1 is 1.03 bits per heavy atom. The normalized spacial score (nSPS) is 17.7. The second-order valence-electron chi connectivity index (χ2n) is 10.1. The highest BCUT2D eigenvalue weighted by Crippen LogP contribution is 2.39. The minimum Gasteiger partial charge on any atom is -0.355 e. The second kappa shape index (κ2) is 10.9. The number of benzene rings is 1. The third-order valence-corrected chi connectivity index (χ3v) is 8.40. The Morgan fingerprint density at radius 3 is 2.47 bits per heavy atom. The van der Waals surface area contributed by atoms with E-state index in [4.69, 9.17) is 10.1 Å². The summed E-state index contributed by atoms with van der Waals surface area (Å²) >= 11 is 1.62. The van der Waals surface area contributed by atoms with Crippen LogP contribution in [0, 0.1) is 12.8 Å². The van der Waals surface area contributed by atoms with Crippen molar-refractivity contribution >= 4 is 17.2 Å². The molecule has 0 saturated heterocycles. The van der Waals surface area contributed by atoms with Gasteiger partial charge >= 0.3 is 0 Å². The SMILES string of the molecule is Cc1ccc(-c2c(-c3nc(CC(=O)NCC4CCCCC4)cs3)cnn2C2CCCCC2)cc1. The first kappa shape index (κ1) is 23.3. The maximum absolute atomic E-state index is 12.6. The van der Waals surface area contributed by atoms with Crippen molar-refractivity contribution in [3.63, 3.8) is 0 Å². The first-order valence-corrected chi connectivity index (χ1v) is 13.9. The fraction of sp³-hybridized carbons (Fsp3) is 0.536. The van der Waals surface area contributed by atoms with Crippen molar-refractivity contribution in [1.82, 2.24) is 20.1 Å². The zero-order chi connectivity index (χ0) is 23.3. The minimum atomic E-state index is 0.0825. The van der Waals surface area contributed by atoms with Crippen LogP contribution in [-0.4, -0.2) is 27.2 Å². The standard InChI is InChI=1S/C28H36N4OS/c1-20-12-14-22(15-13-20)27-25(18-30-32(27)24-10-6-3-7-11-24)28-31-23(19-34-28)16-26(33)29-17-21-8-4-2-5-9-21/h12-15,18-19,21,24H,2-11,16-17H2,1H3,(H,29,33). The van der Waals surface area contributed by atoms with E-state index in [1.54, 1.807) is 11.3 Å². The lowest BCUT2D eigenvalue weighted by atomic mass is 9.89. The number of hydrogen-bond donors (Lipinski definition) is 1. The topological polar surface area (TPSA) is 59.8 Å². The molecule has 5 nitrogen and oxygen atoms in total. The first-order chi connectivity index (χ1) is 16.7. The zero-order valence-corrected chi connectivity index (χ0v) is 21.1. The van der Waals surface area contributed by atoms with E-state index in [1.807, 2.05) is 11.6 Å². The molecule has 2 heterocycles. The van der Waals surface area contributed by atoms with E-state index < -0.39 is 0 Å². The van der Waals surface area contributed by atoms with Crippen LogP contribution >= 0.6 is 11.3 Å². The summed E-state index contributed by atoms with van der Waals surface area (Å²) in [4.78, 5) is 17.5. The monoisotopic (exact) mass is 476 g/mol. The molecule has 2 aliphatic carbocycles. The molecule has 2 aromatic heterocycles. The predicted molar refractivity (Wildman–Crippen MR) is 139 cm³/mol. The molecule has 2 saturated carbocycles. The number of rotatable bonds is 7. The molecule has 34 heavy (non-hydrogen) atoms. The van der Waals surface area contributed by atoms with Crippen molar-refractivity contribution in [2.24, 2.45) is 5.92 Å². The van der Waals surface area contributed by atoms with Crippen LogP contribution in [0.1, 0.15) is 81.5 Å². The third-order valence-electron chi connectivity index (χ3n) is 7.48. The van der Waals surface area contributed by atoms with Crippen molar-refractivity contribution in [2.45, 2.75) is 83.6 Å². The maximum Gasteiger partial charge on any atom is 0.226 e. The van der Waals surface area contributed by atoms with Crippen molar-refractivity contribution in [1.29, 1.82) is 0 Å².